The Bertz CT molecular complexity index is 492. The van der Waals surface area contributed by atoms with E-state index in [9.17, 15) is 0 Å². The summed E-state index contributed by atoms with van der Waals surface area (Å²) in [5.74, 6) is 1.80. The van der Waals surface area contributed by atoms with Gasteiger partial charge in [0.2, 0.25) is 0 Å². The standard InChI is InChI=1S/C13H19N5/c1-3-14-12-5-4-6-13(17-12)15-9-7-11-8-10-16-18(11)2/h4-6,8,10H,3,7,9H2,1-2H3,(H2,14,15,17). The quantitative estimate of drug-likeness (QED) is 0.816. The highest BCUT2D eigenvalue weighted by molar-refractivity contribution is 5.44. The molecule has 0 bridgehead atoms. The van der Waals surface area contributed by atoms with E-state index in [2.05, 4.69) is 27.6 Å². The Labute approximate surface area is 107 Å². The van der Waals surface area contributed by atoms with Gasteiger partial charge in [0, 0.05) is 38.4 Å². The summed E-state index contributed by atoms with van der Waals surface area (Å²) in [4.78, 5) is 4.46. The first-order valence-corrected chi connectivity index (χ1v) is 6.21. The SMILES string of the molecule is CCNc1cccc(NCCc2ccnn2C)n1. The molecule has 0 amide bonds. The minimum atomic E-state index is 0.849. The van der Waals surface area contributed by atoms with Crippen molar-refractivity contribution in [3.05, 3.63) is 36.2 Å². The molecule has 0 aliphatic heterocycles. The summed E-state index contributed by atoms with van der Waals surface area (Å²) in [5.41, 5.74) is 1.21. The van der Waals surface area contributed by atoms with E-state index in [1.807, 2.05) is 42.2 Å². The Morgan fingerprint density at radius 2 is 1.94 bits per heavy atom. The monoisotopic (exact) mass is 245 g/mol. The van der Waals surface area contributed by atoms with E-state index in [-0.39, 0.29) is 0 Å². The van der Waals surface area contributed by atoms with Crippen LogP contribution in [0.25, 0.3) is 0 Å². The summed E-state index contributed by atoms with van der Waals surface area (Å²) in [5, 5.41) is 10.7. The van der Waals surface area contributed by atoms with E-state index in [1.54, 1.807) is 0 Å². The molecule has 2 rings (SSSR count). The zero-order valence-corrected chi connectivity index (χ0v) is 10.8. The van der Waals surface area contributed by atoms with Gasteiger partial charge >= 0.3 is 0 Å². The fourth-order valence-electron chi connectivity index (χ4n) is 1.78. The number of anilines is 2. The van der Waals surface area contributed by atoms with Crippen LogP contribution in [0.2, 0.25) is 0 Å². The van der Waals surface area contributed by atoms with Crippen molar-refractivity contribution in [2.45, 2.75) is 13.3 Å². The molecule has 5 nitrogen and oxygen atoms in total. The van der Waals surface area contributed by atoms with E-state index in [0.29, 0.717) is 0 Å². The molecule has 0 atom stereocenters. The maximum absolute atomic E-state index is 4.46. The minimum absolute atomic E-state index is 0.849. The molecule has 0 aliphatic rings. The van der Waals surface area contributed by atoms with Gasteiger partial charge in [-0.25, -0.2) is 4.98 Å². The van der Waals surface area contributed by atoms with Crippen molar-refractivity contribution in [2.24, 2.45) is 7.05 Å². The second kappa shape index (κ2) is 6.05. The number of aromatic nitrogens is 3. The van der Waals surface area contributed by atoms with Crippen molar-refractivity contribution in [3.8, 4) is 0 Å². The smallest absolute Gasteiger partial charge is 0.128 e. The van der Waals surface area contributed by atoms with Crippen LogP contribution in [0.3, 0.4) is 0 Å². The van der Waals surface area contributed by atoms with Crippen molar-refractivity contribution < 1.29 is 0 Å². The molecular formula is C13H19N5. The topological polar surface area (TPSA) is 54.8 Å². The number of pyridine rings is 1. The van der Waals surface area contributed by atoms with Gasteiger partial charge in [0.05, 0.1) is 0 Å². The van der Waals surface area contributed by atoms with Crippen LogP contribution in [0, 0.1) is 0 Å². The van der Waals surface area contributed by atoms with E-state index >= 15 is 0 Å². The van der Waals surface area contributed by atoms with Gasteiger partial charge in [-0.15, -0.1) is 0 Å². The number of hydrogen-bond acceptors (Lipinski definition) is 4. The molecule has 0 unspecified atom stereocenters. The highest BCUT2D eigenvalue weighted by atomic mass is 15.3. The fraction of sp³-hybridized carbons (Fsp3) is 0.385. The van der Waals surface area contributed by atoms with Gasteiger partial charge < -0.3 is 10.6 Å². The second-order valence-corrected chi connectivity index (χ2v) is 4.06. The van der Waals surface area contributed by atoms with Crippen LogP contribution in [0.5, 0.6) is 0 Å². The Morgan fingerprint density at radius 1 is 1.17 bits per heavy atom. The third-order valence-corrected chi connectivity index (χ3v) is 2.72. The molecule has 0 aromatic carbocycles. The molecule has 0 saturated carbocycles. The largest absolute Gasteiger partial charge is 0.370 e. The van der Waals surface area contributed by atoms with Crippen LogP contribution in [-0.4, -0.2) is 27.9 Å². The van der Waals surface area contributed by atoms with Crippen molar-refractivity contribution in [1.82, 2.24) is 14.8 Å². The number of nitrogens with one attached hydrogen (secondary N) is 2. The predicted molar refractivity (Wildman–Crippen MR) is 73.8 cm³/mol. The maximum atomic E-state index is 4.46. The average Bonchev–Trinajstić information content (AvgIpc) is 2.76. The van der Waals surface area contributed by atoms with E-state index in [1.165, 1.54) is 5.69 Å². The molecule has 2 aromatic heterocycles. The van der Waals surface area contributed by atoms with Crippen molar-refractivity contribution >= 4 is 11.6 Å². The zero-order chi connectivity index (χ0) is 12.8. The lowest BCUT2D eigenvalue weighted by atomic mass is 10.3. The minimum Gasteiger partial charge on any atom is -0.370 e. The molecule has 0 spiro atoms. The summed E-state index contributed by atoms with van der Waals surface area (Å²) in [6.07, 6.45) is 2.75. The summed E-state index contributed by atoms with van der Waals surface area (Å²) >= 11 is 0. The van der Waals surface area contributed by atoms with E-state index in [0.717, 1.165) is 31.1 Å². The third kappa shape index (κ3) is 3.23. The first kappa shape index (κ1) is 12.4. The van der Waals surface area contributed by atoms with Crippen LogP contribution >= 0.6 is 0 Å². The van der Waals surface area contributed by atoms with Gasteiger partial charge in [-0.2, -0.15) is 5.10 Å². The molecule has 96 valence electrons. The van der Waals surface area contributed by atoms with Crippen LogP contribution in [0.4, 0.5) is 11.6 Å². The van der Waals surface area contributed by atoms with Gasteiger partial charge in [-0.1, -0.05) is 6.07 Å². The Balaban J connectivity index is 1.86. The van der Waals surface area contributed by atoms with Gasteiger partial charge in [0.15, 0.2) is 0 Å². The lowest BCUT2D eigenvalue weighted by molar-refractivity contribution is 0.711. The average molecular weight is 245 g/mol. The summed E-state index contributed by atoms with van der Waals surface area (Å²) in [7, 11) is 1.96. The van der Waals surface area contributed by atoms with Crippen LogP contribution in [0.15, 0.2) is 30.5 Å². The molecular weight excluding hydrogens is 226 g/mol. The van der Waals surface area contributed by atoms with Gasteiger partial charge in [-0.3, -0.25) is 4.68 Å². The van der Waals surface area contributed by atoms with Gasteiger partial charge in [0.25, 0.3) is 0 Å². The number of aryl methyl sites for hydroxylation is 1. The Hall–Kier alpha value is -2.04. The molecule has 2 heterocycles. The second-order valence-electron chi connectivity index (χ2n) is 4.06. The maximum Gasteiger partial charge on any atom is 0.128 e. The highest BCUT2D eigenvalue weighted by Crippen LogP contribution is 2.09. The number of hydrogen-bond donors (Lipinski definition) is 2. The van der Waals surface area contributed by atoms with E-state index < -0.39 is 0 Å². The first-order valence-electron chi connectivity index (χ1n) is 6.21. The summed E-state index contributed by atoms with van der Waals surface area (Å²) in [6, 6.07) is 7.97. The van der Waals surface area contributed by atoms with Crippen molar-refractivity contribution in [1.29, 1.82) is 0 Å². The predicted octanol–water partition coefficient (Wildman–Crippen LogP) is 1.90. The number of nitrogens with zero attached hydrogens (tertiary/aromatic N) is 3. The Morgan fingerprint density at radius 3 is 2.61 bits per heavy atom. The van der Waals surface area contributed by atoms with E-state index in [4.69, 9.17) is 0 Å². The number of rotatable bonds is 6. The normalized spacial score (nSPS) is 10.3. The molecule has 2 N–H and O–H groups in total. The fourth-order valence-corrected chi connectivity index (χ4v) is 1.78. The van der Waals surface area contributed by atoms with Crippen LogP contribution < -0.4 is 10.6 Å². The highest BCUT2D eigenvalue weighted by Gasteiger charge is 1.99. The molecule has 0 fully saturated rings. The molecule has 0 radical (unpaired) electrons. The van der Waals surface area contributed by atoms with Crippen molar-refractivity contribution in [2.75, 3.05) is 23.7 Å². The zero-order valence-electron chi connectivity index (χ0n) is 10.8. The Kier molecular flexibility index (Phi) is 4.17. The van der Waals surface area contributed by atoms with Crippen molar-refractivity contribution in [3.63, 3.8) is 0 Å². The van der Waals surface area contributed by atoms with Crippen LogP contribution in [0.1, 0.15) is 12.6 Å². The molecule has 18 heavy (non-hydrogen) atoms. The lowest BCUT2D eigenvalue weighted by Crippen LogP contribution is -2.10. The molecule has 0 saturated heterocycles. The lowest BCUT2D eigenvalue weighted by Gasteiger charge is -2.08. The third-order valence-electron chi connectivity index (χ3n) is 2.72. The van der Waals surface area contributed by atoms with Gasteiger partial charge in [0.1, 0.15) is 11.6 Å². The van der Waals surface area contributed by atoms with Crippen LogP contribution in [-0.2, 0) is 13.5 Å². The van der Waals surface area contributed by atoms with Gasteiger partial charge in [-0.05, 0) is 25.1 Å². The first-order chi connectivity index (χ1) is 8.79. The summed E-state index contributed by atoms with van der Waals surface area (Å²) in [6.45, 7) is 3.79. The molecule has 5 heteroatoms. The molecule has 0 aliphatic carbocycles. The summed E-state index contributed by atoms with van der Waals surface area (Å²) < 4.78 is 1.89. The molecule has 2 aromatic rings.